The van der Waals surface area contributed by atoms with Gasteiger partial charge in [0.05, 0.1) is 6.10 Å². The molecule has 0 aliphatic carbocycles. The van der Waals surface area contributed by atoms with Crippen LogP contribution in [0.25, 0.3) is 11.0 Å². The first-order valence-electron chi connectivity index (χ1n) is 9.25. The van der Waals surface area contributed by atoms with Gasteiger partial charge in [-0.1, -0.05) is 30.3 Å². The van der Waals surface area contributed by atoms with Crippen LogP contribution in [0.15, 0.2) is 52.9 Å². The summed E-state index contributed by atoms with van der Waals surface area (Å²) in [6, 6.07) is 13.9. The molecule has 0 saturated carbocycles. The highest BCUT2D eigenvalue weighted by molar-refractivity contribution is 5.98. The Labute approximate surface area is 157 Å². The average molecular weight is 367 g/mol. The number of rotatable bonds is 5. The fourth-order valence-corrected chi connectivity index (χ4v) is 3.59. The molecule has 140 valence electrons. The number of aryl methyl sites for hydroxylation is 1. The molecule has 1 atom stereocenters. The molecule has 1 aliphatic heterocycles. The molecule has 5 heteroatoms. The zero-order valence-corrected chi connectivity index (χ0v) is 15.3. The number of benzene rings is 2. The van der Waals surface area contributed by atoms with E-state index in [-0.39, 0.29) is 17.8 Å². The van der Waals surface area contributed by atoms with Crippen LogP contribution >= 0.6 is 0 Å². The lowest BCUT2D eigenvalue weighted by molar-refractivity contribution is 0.0485. The van der Waals surface area contributed by atoms with E-state index in [9.17, 15) is 9.18 Å². The van der Waals surface area contributed by atoms with Gasteiger partial charge in [-0.15, -0.1) is 0 Å². The number of hydrogen-bond acceptors (Lipinski definition) is 3. The van der Waals surface area contributed by atoms with Crippen molar-refractivity contribution in [1.82, 2.24) is 4.90 Å². The van der Waals surface area contributed by atoms with Gasteiger partial charge in [0.25, 0.3) is 5.91 Å². The molecule has 3 aromatic rings. The molecule has 1 amide bonds. The van der Waals surface area contributed by atoms with E-state index in [4.69, 9.17) is 9.15 Å². The fourth-order valence-electron chi connectivity index (χ4n) is 3.59. The zero-order valence-electron chi connectivity index (χ0n) is 15.3. The summed E-state index contributed by atoms with van der Waals surface area (Å²) in [5.41, 5.74) is 2.42. The van der Waals surface area contributed by atoms with Gasteiger partial charge in [-0.3, -0.25) is 4.79 Å². The van der Waals surface area contributed by atoms with Crippen molar-refractivity contribution in [3.8, 4) is 0 Å². The quantitative estimate of drug-likeness (QED) is 0.656. The summed E-state index contributed by atoms with van der Waals surface area (Å²) in [5.74, 6) is -0.0938. The molecule has 0 spiro atoms. The maximum atomic E-state index is 13.3. The molecule has 1 aliphatic rings. The number of ether oxygens (including phenoxy) is 1. The van der Waals surface area contributed by atoms with Crippen molar-refractivity contribution in [2.24, 2.45) is 0 Å². The van der Waals surface area contributed by atoms with Gasteiger partial charge in [0.2, 0.25) is 0 Å². The van der Waals surface area contributed by atoms with E-state index in [0.717, 1.165) is 36.0 Å². The molecular weight excluding hydrogens is 345 g/mol. The van der Waals surface area contributed by atoms with Crippen molar-refractivity contribution >= 4 is 16.9 Å². The molecule has 1 saturated heterocycles. The normalized spacial score (nSPS) is 16.7. The van der Waals surface area contributed by atoms with E-state index in [1.165, 1.54) is 12.1 Å². The lowest BCUT2D eigenvalue weighted by atomic mass is 10.1. The van der Waals surface area contributed by atoms with Crippen LogP contribution in [0.1, 0.15) is 34.5 Å². The van der Waals surface area contributed by atoms with E-state index in [2.05, 4.69) is 0 Å². The van der Waals surface area contributed by atoms with Gasteiger partial charge in [-0.05, 0) is 43.5 Å². The van der Waals surface area contributed by atoms with E-state index in [1.807, 2.05) is 31.2 Å². The van der Waals surface area contributed by atoms with Gasteiger partial charge in [-0.2, -0.15) is 0 Å². The summed E-state index contributed by atoms with van der Waals surface area (Å²) in [4.78, 5) is 15.0. The predicted octanol–water partition coefficient (Wildman–Crippen LogP) is 4.70. The van der Waals surface area contributed by atoms with E-state index < -0.39 is 0 Å². The Morgan fingerprint density at radius 3 is 2.67 bits per heavy atom. The average Bonchev–Trinajstić information content (AvgIpc) is 3.31. The second-order valence-corrected chi connectivity index (χ2v) is 7.00. The summed E-state index contributed by atoms with van der Waals surface area (Å²) >= 11 is 0. The summed E-state index contributed by atoms with van der Waals surface area (Å²) in [6.45, 7) is 3.51. The van der Waals surface area contributed by atoms with Crippen molar-refractivity contribution in [2.75, 3.05) is 13.2 Å². The molecule has 4 rings (SSSR count). The first kappa shape index (κ1) is 17.7. The van der Waals surface area contributed by atoms with Crippen LogP contribution in [0.3, 0.4) is 0 Å². The molecule has 4 nitrogen and oxygen atoms in total. The Morgan fingerprint density at radius 2 is 1.96 bits per heavy atom. The lowest BCUT2D eigenvalue weighted by Gasteiger charge is -2.25. The van der Waals surface area contributed by atoms with Crippen LogP contribution in [0.4, 0.5) is 4.39 Å². The number of carbonyl (C=O) groups is 1. The van der Waals surface area contributed by atoms with Gasteiger partial charge in [0.1, 0.15) is 11.4 Å². The number of halogens is 1. The van der Waals surface area contributed by atoms with Crippen molar-refractivity contribution in [3.63, 3.8) is 0 Å². The highest BCUT2D eigenvalue weighted by Crippen LogP contribution is 2.27. The first-order valence-corrected chi connectivity index (χ1v) is 9.25. The van der Waals surface area contributed by atoms with Gasteiger partial charge in [-0.25, -0.2) is 4.39 Å². The highest BCUT2D eigenvalue weighted by Gasteiger charge is 2.27. The third-order valence-corrected chi connectivity index (χ3v) is 5.06. The number of fused-ring (bicyclic) bond motifs is 1. The van der Waals surface area contributed by atoms with E-state index in [0.29, 0.717) is 24.4 Å². The van der Waals surface area contributed by atoms with Crippen molar-refractivity contribution in [3.05, 3.63) is 71.2 Å². The Kier molecular flexibility index (Phi) is 4.94. The molecule has 2 aromatic carbocycles. The standard InChI is InChI=1S/C22H22FNO3/c1-15-19-6-2-3-7-20(19)27-21(15)22(25)24(14-18-5-4-12-26-18)13-16-8-10-17(23)11-9-16/h2-3,6-11,18H,4-5,12-14H2,1H3/t18-/m1/s1. The molecule has 1 fully saturated rings. The Hall–Kier alpha value is -2.66. The zero-order chi connectivity index (χ0) is 18.8. The number of amides is 1. The van der Waals surface area contributed by atoms with Gasteiger partial charge >= 0.3 is 0 Å². The SMILES string of the molecule is Cc1c(C(=O)N(Cc2ccc(F)cc2)C[C@H]2CCCO2)oc2ccccc12. The number of hydrogen-bond donors (Lipinski definition) is 0. The third kappa shape index (κ3) is 3.74. The predicted molar refractivity (Wildman–Crippen MR) is 101 cm³/mol. The van der Waals surface area contributed by atoms with Crippen molar-refractivity contribution < 1.29 is 18.3 Å². The summed E-state index contributed by atoms with van der Waals surface area (Å²) in [6.07, 6.45) is 1.97. The van der Waals surface area contributed by atoms with Gasteiger partial charge < -0.3 is 14.1 Å². The molecule has 2 heterocycles. The van der Waals surface area contributed by atoms with Crippen LogP contribution in [-0.2, 0) is 11.3 Å². The second-order valence-electron chi connectivity index (χ2n) is 7.00. The first-order chi connectivity index (χ1) is 13.1. The summed E-state index contributed by atoms with van der Waals surface area (Å²) in [5, 5.41) is 0.944. The minimum absolute atomic E-state index is 0.0269. The van der Waals surface area contributed by atoms with Gasteiger partial charge in [0, 0.05) is 30.6 Å². The number of furan rings is 1. The maximum Gasteiger partial charge on any atom is 0.290 e. The number of nitrogens with zero attached hydrogens (tertiary/aromatic N) is 1. The molecule has 27 heavy (non-hydrogen) atoms. The molecule has 0 radical (unpaired) electrons. The third-order valence-electron chi connectivity index (χ3n) is 5.06. The van der Waals surface area contributed by atoms with Crippen LogP contribution in [0.2, 0.25) is 0 Å². The summed E-state index contributed by atoms with van der Waals surface area (Å²) < 4.78 is 24.8. The lowest BCUT2D eigenvalue weighted by Crippen LogP contribution is -2.37. The molecule has 0 N–H and O–H groups in total. The molecule has 0 bridgehead atoms. The molecule has 1 aromatic heterocycles. The Bertz CT molecular complexity index is 942. The van der Waals surface area contributed by atoms with Crippen molar-refractivity contribution in [2.45, 2.75) is 32.4 Å². The minimum Gasteiger partial charge on any atom is -0.451 e. The molecule has 0 unspecified atom stereocenters. The van der Waals surface area contributed by atoms with Crippen LogP contribution < -0.4 is 0 Å². The monoisotopic (exact) mass is 367 g/mol. The van der Waals surface area contributed by atoms with E-state index >= 15 is 0 Å². The highest BCUT2D eigenvalue weighted by atomic mass is 19.1. The van der Waals surface area contributed by atoms with Crippen LogP contribution in [0.5, 0.6) is 0 Å². The minimum atomic E-state index is -0.288. The van der Waals surface area contributed by atoms with Crippen LogP contribution in [0, 0.1) is 12.7 Å². The fraction of sp³-hybridized carbons (Fsp3) is 0.318. The Balaban J connectivity index is 1.64. The largest absolute Gasteiger partial charge is 0.451 e. The van der Waals surface area contributed by atoms with Crippen LogP contribution in [-0.4, -0.2) is 30.1 Å². The van der Waals surface area contributed by atoms with Gasteiger partial charge in [0.15, 0.2) is 5.76 Å². The Morgan fingerprint density at radius 1 is 1.19 bits per heavy atom. The van der Waals surface area contributed by atoms with Crippen molar-refractivity contribution in [1.29, 1.82) is 0 Å². The topological polar surface area (TPSA) is 42.7 Å². The smallest absolute Gasteiger partial charge is 0.290 e. The molecular formula is C22H22FNO3. The number of carbonyl (C=O) groups excluding carboxylic acids is 1. The second kappa shape index (κ2) is 7.53. The maximum absolute atomic E-state index is 13.3. The van der Waals surface area contributed by atoms with E-state index in [1.54, 1.807) is 17.0 Å². The summed E-state index contributed by atoms with van der Waals surface area (Å²) in [7, 11) is 0. The number of para-hydroxylation sites is 1.